The number of hydrogen-bond donors (Lipinski definition) is 0. The van der Waals surface area contributed by atoms with Gasteiger partial charge >= 0.3 is 0 Å². The van der Waals surface area contributed by atoms with E-state index < -0.39 is 0 Å². The van der Waals surface area contributed by atoms with Crippen LogP contribution in [0.4, 0.5) is 5.82 Å². The summed E-state index contributed by atoms with van der Waals surface area (Å²) in [5.41, 5.74) is 3.98. The number of carbonyl (C=O) groups excluding carboxylic acids is 1. The van der Waals surface area contributed by atoms with Crippen LogP contribution in [0.15, 0.2) is 42.7 Å². The van der Waals surface area contributed by atoms with E-state index in [9.17, 15) is 4.79 Å². The highest BCUT2D eigenvalue weighted by atomic mass is 16.2. The first-order valence-corrected chi connectivity index (χ1v) is 9.00. The van der Waals surface area contributed by atoms with Crippen LogP contribution >= 0.6 is 0 Å². The minimum Gasteiger partial charge on any atom is -0.353 e. The molecule has 6 heteroatoms. The Morgan fingerprint density at radius 3 is 2.62 bits per heavy atom. The fraction of sp³-hybridized carbons (Fsp3) is 0.350. The monoisotopic (exact) mass is 349 g/mol. The van der Waals surface area contributed by atoms with Gasteiger partial charge in [0.2, 0.25) is 5.91 Å². The van der Waals surface area contributed by atoms with E-state index in [1.165, 1.54) is 0 Å². The Morgan fingerprint density at radius 1 is 1.08 bits per heavy atom. The van der Waals surface area contributed by atoms with Crippen LogP contribution in [0.5, 0.6) is 0 Å². The molecule has 1 fully saturated rings. The summed E-state index contributed by atoms with van der Waals surface area (Å²) < 4.78 is 2.05. The lowest BCUT2D eigenvalue weighted by Crippen LogP contribution is -2.49. The molecule has 1 aliphatic rings. The first-order chi connectivity index (χ1) is 12.6. The van der Waals surface area contributed by atoms with E-state index in [0.29, 0.717) is 6.42 Å². The number of hydrogen-bond acceptors (Lipinski definition) is 4. The van der Waals surface area contributed by atoms with E-state index in [-0.39, 0.29) is 5.91 Å². The van der Waals surface area contributed by atoms with Gasteiger partial charge in [0, 0.05) is 38.6 Å². The first kappa shape index (κ1) is 16.6. The third kappa shape index (κ3) is 3.03. The predicted octanol–water partition coefficient (Wildman–Crippen LogP) is 2.24. The van der Waals surface area contributed by atoms with Gasteiger partial charge in [-0.15, -0.1) is 0 Å². The Kier molecular flexibility index (Phi) is 4.32. The zero-order chi connectivity index (χ0) is 18.1. The van der Waals surface area contributed by atoms with Gasteiger partial charge in [-0.1, -0.05) is 12.1 Å². The number of pyridine rings is 2. The van der Waals surface area contributed by atoms with Crippen LogP contribution in [0, 0.1) is 13.8 Å². The molecular weight excluding hydrogens is 326 g/mol. The second-order valence-electron chi connectivity index (χ2n) is 6.76. The Bertz CT molecular complexity index is 926. The van der Waals surface area contributed by atoms with Crippen molar-refractivity contribution in [3.63, 3.8) is 0 Å². The molecule has 1 saturated heterocycles. The van der Waals surface area contributed by atoms with Gasteiger partial charge in [-0.2, -0.15) is 0 Å². The minimum absolute atomic E-state index is 0.164. The van der Waals surface area contributed by atoms with Gasteiger partial charge in [-0.05, 0) is 37.6 Å². The summed E-state index contributed by atoms with van der Waals surface area (Å²) in [5, 5.41) is 0. The third-order valence-electron chi connectivity index (χ3n) is 5.07. The van der Waals surface area contributed by atoms with Gasteiger partial charge in [0.25, 0.3) is 0 Å². The zero-order valence-corrected chi connectivity index (χ0v) is 15.2. The van der Waals surface area contributed by atoms with E-state index >= 15 is 0 Å². The highest BCUT2D eigenvalue weighted by Crippen LogP contribution is 2.18. The largest absolute Gasteiger partial charge is 0.353 e. The number of piperazine rings is 1. The van der Waals surface area contributed by atoms with Crippen molar-refractivity contribution >= 4 is 17.4 Å². The Hall–Kier alpha value is -2.89. The maximum absolute atomic E-state index is 12.8. The molecule has 3 aromatic heterocycles. The minimum atomic E-state index is 0.164. The molecule has 0 N–H and O–H groups in total. The van der Waals surface area contributed by atoms with Crippen LogP contribution in [-0.2, 0) is 11.2 Å². The second kappa shape index (κ2) is 6.78. The summed E-state index contributed by atoms with van der Waals surface area (Å²) in [4.78, 5) is 26.1. The third-order valence-corrected chi connectivity index (χ3v) is 5.07. The summed E-state index contributed by atoms with van der Waals surface area (Å²) in [5.74, 6) is 1.14. The van der Waals surface area contributed by atoms with Crippen molar-refractivity contribution in [2.24, 2.45) is 0 Å². The molecule has 0 spiro atoms. The molecule has 1 amide bonds. The molecule has 3 aromatic rings. The Balaban J connectivity index is 1.45. The Labute approximate surface area is 153 Å². The average Bonchev–Trinajstić information content (AvgIpc) is 3.00. The van der Waals surface area contributed by atoms with Crippen LogP contribution in [-0.4, -0.2) is 51.4 Å². The van der Waals surface area contributed by atoms with Crippen LogP contribution in [0.1, 0.15) is 17.0 Å². The molecule has 0 radical (unpaired) electrons. The lowest BCUT2D eigenvalue weighted by atomic mass is 10.2. The molecule has 0 bridgehead atoms. The van der Waals surface area contributed by atoms with Gasteiger partial charge in [-0.3, -0.25) is 4.79 Å². The molecule has 0 unspecified atom stereocenters. The molecule has 1 aliphatic heterocycles. The number of aryl methyl sites for hydroxylation is 2. The van der Waals surface area contributed by atoms with E-state index in [1.54, 1.807) is 0 Å². The number of nitrogens with zero attached hydrogens (tertiary/aromatic N) is 5. The SMILES string of the molecule is Cc1nc2c(C)cccn2c1CC(=O)N1CCN(c2ccccn2)CC1. The summed E-state index contributed by atoms with van der Waals surface area (Å²) in [6.45, 7) is 7.11. The molecule has 4 heterocycles. The number of anilines is 1. The summed E-state index contributed by atoms with van der Waals surface area (Å²) in [6.07, 6.45) is 4.19. The zero-order valence-electron chi connectivity index (χ0n) is 15.2. The lowest BCUT2D eigenvalue weighted by Gasteiger charge is -2.35. The molecule has 26 heavy (non-hydrogen) atoms. The molecule has 134 valence electrons. The van der Waals surface area contributed by atoms with Crippen molar-refractivity contribution in [3.8, 4) is 0 Å². The van der Waals surface area contributed by atoms with Gasteiger partial charge in [0.1, 0.15) is 11.5 Å². The number of fused-ring (bicyclic) bond motifs is 1. The summed E-state index contributed by atoms with van der Waals surface area (Å²) in [6, 6.07) is 9.98. The molecule has 0 atom stereocenters. The molecule has 0 aliphatic carbocycles. The highest BCUT2D eigenvalue weighted by Gasteiger charge is 2.23. The maximum atomic E-state index is 12.8. The van der Waals surface area contributed by atoms with Gasteiger partial charge < -0.3 is 14.2 Å². The number of amides is 1. The molecule has 6 nitrogen and oxygen atoms in total. The van der Waals surface area contributed by atoms with E-state index in [1.807, 2.05) is 65.9 Å². The molecule has 0 aromatic carbocycles. The fourth-order valence-corrected chi connectivity index (χ4v) is 3.56. The van der Waals surface area contributed by atoms with Gasteiger partial charge in [-0.25, -0.2) is 9.97 Å². The predicted molar refractivity (Wildman–Crippen MR) is 101 cm³/mol. The second-order valence-corrected chi connectivity index (χ2v) is 6.76. The van der Waals surface area contributed by atoms with Crippen molar-refractivity contribution in [1.29, 1.82) is 0 Å². The molecule has 0 saturated carbocycles. The van der Waals surface area contributed by atoms with Crippen molar-refractivity contribution in [3.05, 3.63) is 59.7 Å². The lowest BCUT2D eigenvalue weighted by molar-refractivity contribution is -0.130. The number of aromatic nitrogens is 3. The van der Waals surface area contributed by atoms with Crippen molar-refractivity contribution in [2.75, 3.05) is 31.1 Å². The van der Waals surface area contributed by atoms with E-state index in [0.717, 1.165) is 54.6 Å². The van der Waals surface area contributed by atoms with Crippen LogP contribution in [0.25, 0.3) is 5.65 Å². The average molecular weight is 349 g/mol. The smallest absolute Gasteiger partial charge is 0.228 e. The van der Waals surface area contributed by atoms with Crippen molar-refractivity contribution in [2.45, 2.75) is 20.3 Å². The maximum Gasteiger partial charge on any atom is 0.228 e. The van der Waals surface area contributed by atoms with Crippen LogP contribution in [0.2, 0.25) is 0 Å². The summed E-state index contributed by atoms with van der Waals surface area (Å²) >= 11 is 0. The standard InChI is InChI=1S/C20H23N5O/c1-15-6-5-9-25-17(16(2)22-20(15)25)14-19(26)24-12-10-23(11-13-24)18-7-3-4-8-21-18/h3-9H,10-14H2,1-2H3. The highest BCUT2D eigenvalue weighted by molar-refractivity contribution is 5.79. The normalized spacial score (nSPS) is 14.8. The van der Waals surface area contributed by atoms with Crippen molar-refractivity contribution in [1.82, 2.24) is 19.3 Å². The van der Waals surface area contributed by atoms with E-state index in [2.05, 4.69) is 14.9 Å². The number of rotatable bonds is 3. The van der Waals surface area contributed by atoms with Crippen LogP contribution < -0.4 is 4.90 Å². The molecule has 4 rings (SSSR count). The number of carbonyl (C=O) groups is 1. The number of imidazole rings is 1. The molecular formula is C20H23N5O. The first-order valence-electron chi connectivity index (χ1n) is 9.00. The van der Waals surface area contributed by atoms with Gasteiger partial charge in [0.05, 0.1) is 17.8 Å². The fourth-order valence-electron chi connectivity index (χ4n) is 3.56. The van der Waals surface area contributed by atoms with E-state index in [4.69, 9.17) is 0 Å². The van der Waals surface area contributed by atoms with Crippen LogP contribution in [0.3, 0.4) is 0 Å². The Morgan fingerprint density at radius 2 is 1.88 bits per heavy atom. The van der Waals surface area contributed by atoms with Crippen molar-refractivity contribution < 1.29 is 4.79 Å². The van der Waals surface area contributed by atoms with Gasteiger partial charge in [0.15, 0.2) is 0 Å². The summed E-state index contributed by atoms with van der Waals surface area (Å²) in [7, 11) is 0. The quantitative estimate of drug-likeness (QED) is 0.728. The topological polar surface area (TPSA) is 53.7 Å².